The van der Waals surface area contributed by atoms with E-state index in [-0.39, 0.29) is 56.6 Å². The Morgan fingerprint density at radius 2 is 1.66 bits per heavy atom. The van der Waals surface area contributed by atoms with Gasteiger partial charge < -0.3 is 4.52 Å². The monoisotopic (exact) mass is 555 g/mol. The number of allylic oxidation sites excluding steroid dienone is 4. The van der Waals surface area contributed by atoms with E-state index in [4.69, 9.17) is 9.51 Å². The van der Waals surface area contributed by atoms with Gasteiger partial charge in [-0.15, -0.1) is 0 Å². The molecule has 7 atom stereocenters. The lowest BCUT2D eigenvalue weighted by Gasteiger charge is -2.69. The second-order valence-corrected chi connectivity index (χ2v) is 16.6. The Bertz CT molecular complexity index is 1470. The van der Waals surface area contributed by atoms with Crippen LogP contribution in [0.3, 0.4) is 0 Å². The number of aromatic nitrogens is 2. The van der Waals surface area contributed by atoms with Crippen molar-refractivity contribution in [2.75, 3.05) is 0 Å². The van der Waals surface area contributed by atoms with E-state index in [1.807, 2.05) is 26.0 Å². The summed E-state index contributed by atoms with van der Waals surface area (Å²) in [5.41, 5.74) is -0.301. The molecular formula is C35H45N3O3. The highest BCUT2D eigenvalue weighted by Gasteiger charge is 2.70. The van der Waals surface area contributed by atoms with Crippen molar-refractivity contribution in [3.8, 4) is 6.07 Å². The van der Waals surface area contributed by atoms with Gasteiger partial charge in [-0.3, -0.25) is 9.59 Å². The van der Waals surface area contributed by atoms with Crippen molar-refractivity contribution >= 4 is 11.6 Å². The Morgan fingerprint density at radius 1 is 0.951 bits per heavy atom. The molecular weight excluding hydrogens is 510 g/mol. The molecule has 4 saturated carbocycles. The molecule has 0 bridgehead atoms. The second kappa shape index (κ2) is 8.08. The van der Waals surface area contributed by atoms with Gasteiger partial charge in [0.25, 0.3) is 0 Å². The van der Waals surface area contributed by atoms with Crippen LogP contribution in [-0.4, -0.2) is 21.7 Å². The van der Waals surface area contributed by atoms with Gasteiger partial charge in [0.05, 0.1) is 5.57 Å². The van der Waals surface area contributed by atoms with Crippen LogP contribution in [0.25, 0.3) is 0 Å². The van der Waals surface area contributed by atoms with Crippen LogP contribution >= 0.6 is 0 Å². The number of hydrogen-bond donors (Lipinski definition) is 0. The van der Waals surface area contributed by atoms with Crippen LogP contribution in [0.1, 0.15) is 124 Å². The standard InChI is InChI=1S/C35H45N3O3/c1-30(2)12-14-35(29-37-28(41-38-29)20-8-9-20)15-13-34(7)26(22(35)18-30)23(39)16-25-32(5)17-21(19-36)27(40)31(3,4)24(32)10-11-33(25,34)6/h16-17,20,22,24,26H,8-15,18H2,1-7H3/t22-,24-,26-,32-,33+,34+,35-/m0/s1. The van der Waals surface area contributed by atoms with E-state index < -0.39 is 10.8 Å². The van der Waals surface area contributed by atoms with Gasteiger partial charge in [-0.1, -0.05) is 65.3 Å². The summed E-state index contributed by atoms with van der Waals surface area (Å²) in [5.74, 6) is 2.30. The molecule has 0 N–H and O–H groups in total. The molecule has 6 aliphatic carbocycles. The average Bonchev–Trinajstić information content (AvgIpc) is 3.63. The molecule has 0 aromatic carbocycles. The molecule has 6 aliphatic rings. The van der Waals surface area contributed by atoms with Crippen LogP contribution in [0.5, 0.6) is 0 Å². The Kier molecular flexibility index (Phi) is 5.38. The van der Waals surface area contributed by atoms with Crippen molar-refractivity contribution in [1.29, 1.82) is 5.26 Å². The number of rotatable bonds is 2. The smallest absolute Gasteiger partial charge is 0.229 e. The highest BCUT2D eigenvalue weighted by atomic mass is 16.5. The maximum absolute atomic E-state index is 14.7. The molecule has 4 fully saturated rings. The van der Waals surface area contributed by atoms with Crippen molar-refractivity contribution in [3.05, 3.63) is 35.0 Å². The predicted molar refractivity (Wildman–Crippen MR) is 154 cm³/mol. The van der Waals surface area contributed by atoms with Crippen molar-refractivity contribution < 1.29 is 14.1 Å². The van der Waals surface area contributed by atoms with Crippen LogP contribution in [-0.2, 0) is 15.0 Å². The van der Waals surface area contributed by atoms with Gasteiger partial charge >= 0.3 is 0 Å². The molecule has 41 heavy (non-hydrogen) atoms. The van der Waals surface area contributed by atoms with E-state index in [0.717, 1.165) is 75.1 Å². The Balaban J connectivity index is 1.38. The van der Waals surface area contributed by atoms with E-state index in [2.05, 4.69) is 45.8 Å². The van der Waals surface area contributed by atoms with Crippen LogP contribution in [0.2, 0.25) is 0 Å². The molecule has 6 heteroatoms. The fourth-order valence-corrected chi connectivity index (χ4v) is 11.0. The first-order chi connectivity index (χ1) is 19.1. The molecule has 0 unspecified atom stereocenters. The van der Waals surface area contributed by atoms with Crippen LogP contribution < -0.4 is 0 Å². The number of nitriles is 1. The molecule has 1 aromatic rings. The summed E-state index contributed by atoms with van der Waals surface area (Å²) < 4.78 is 5.83. The van der Waals surface area contributed by atoms with Crippen molar-refractivity contribution in [2.45, 2.75) is 118 Å². The number of fused-ring (bicyclic) bond motifs is 7. The van der Waals surface area contributed by atoms with Crippen LogP contribution in [0.15, 0.2) is 27.8 Å². The van der Waals surface area contributed by atoms with Gasteiger partial charge in [-0.05, 0) is 91.9 Å². The number of carbonyl (C=O) groups excluding carboxylic acids is 2. The first kappa shape index (κ1) is 27.3. The predicted octanol–water partition coefficient (Wildman–Crippen LogP) is 7.42. The van der Waals surface area contributed by atoms with E-state index >= 15 is 0 Å². The third-order valence-corrected chi connectivity index (χ3v) is 13.7. The summed E-state index contributed by atoms with van der Waals surface area (Å²) in [5, 5.41) is 14.6. The summed E-state index contributed by atoms with van der Waals surface area (Å²) in [6.07, 6.45) is 13.0. The fourth-order valence-electron chi connectivity index (χ4n) is 11.0. The molecule has 1 aromatic heterocycles. The minimum Gasteiger partial charge on any atom is -0.339 e. The third kappa shape index (κ3) is 3.35. The van der Waals surface area contributed by atoms with Crippen molar-refractivity contribution in [1.82, 2.24) is 10.1 Å². The number of ketones is 2. The maximum Gasteiger partial charge on any atom is 0.229 e. The maximum atomic E-state index is 14.7. The van der Waals surface area contributed by atoms with Gasteiger partial charge in [0, 0.05) is 28.1 Å². The molecule has 0 amide bonds. The molecule has 218 valence electrons. The number of carbonyl (C=O) groups is 2. The minimum absolute atomic E-state index is 0.0587. The average molecular weight is 556 g/mol. The normalized spacial score (nSPS) is 44.4. The molecule has 0 radical (unpaired) electrons. The first-order valence-electron chi connectivity index (χ1n) is 15.9. The second-order valence-electron chi connectivity index (χ2n) is 16.6. The Hall–Kier alpha value is -2.55. The van der Waals surface area contributed by atoms with Gasteiger partial charge in [0.2, 0.25) is 5.89 Å². The van der Waals surface area contributed by atoms with Gasteiger partial charge in [-0.2, -0.15) is 10.2 Å². The minimum atomic E-state index is -0.648. The van der Waals surface area contributed by atoms with Crippen molar-refractivity contribution in [2.24, 2.45) is 44.8 Å². The van der Waals surface area contributed by atoms with Crippen molar-refractivity contribution in [3.63, 3.8) is 0 Å². The highest BCUT2D eigenvalue weighted by Crippen LogP contribution is 2.74. The molecule has 0 aliphatic heterocycles. The lowest BCUT2D eigenvalue weighted by molar-refractivity contribution is -0.160. The van der Waals surface area contributed by atoms with Gasteiger partial charge in [0.1, 0.15) is 6.07 Å². The molecule has 0 saturated heterocycles. The molecule has 1 heterocycles. The number of hydrogen-bond acceptors (Lipinski definition) is 6. The summed E-state index contributed by atoms with van der Waals surface area (Å²) in [4.78, 5) is 33.0. The topological polar surface area (TPSA) is 96.8 Å². The van der Waals surface area contributed by atoms with E-state index in [9.17, 15) is 14.9 Å². The van der Waals surface area contributed by atoms with E-state index in [0.29, 0.717) is 5.92 Å². The summed E-state index contributed by atoms with van der Waals surface area (Å²) >= 11 is 0. The largest absolute Gasteiger partial charge is 0.339 e. The Labute approximate surface area is 244 Å². The summed E-state index contributed by atoms with van der Waals surface area (Å²) in [6, 6.07) is 2.21. The Morgan fingerprint density at radius 3 is 2.34 bits per heavy atom. The number of nitrogens with zero attached hydrogens (tertiary/aromatic N) is 3. The highest BCUT2D eigenvalue weighted by molar-refractivity contribution is 6.04. The summed E-state index contributed by atoms with van der Waals surface area (Å²) in [6.45, 7) is 15.7. The third-order valence-electron chi connectivity index (χ3n) is 13.7. The molecule has 6 nitrogen and oxygen atoms in total. The molecule has 0 spiro atoms. The fraction of sp³-hybridized carbons (Fsp3) is 0.743. The van der Waals surface area contributed by atoms with E-state index in [1.165, 1.54) is 0 Å². The quantitative estimate of drug-likeness (QED) is 0.377. The number of Topliss-reactive ketones (excluding diaryl/α,β-unsaturated/α-hetero) is 1. The lowest BCUT2D eigenvalue weighted by atomic mass is 9.34. The van der Waals surface area contributed by atoms with E-state index in [1.54, 1.807) is 0 Å². The SMILES string of the molecule is CC1(C)CC[C@]2(c3noc(C4CC4)n3)CC[C@]3(C)[C@H](C(=O)C=C4[C@@]5(C)C=C(C#N)C(=O)C(C)(C)[C@@H]5CC[C@]43C)[C@@H]2C1. The lowest BCUT2D eigenvalue weighted by Crippen LogP contribution is -2.65. The van der Waals surface area contributed by atoms with Crippen LogP contribution in [0, 0.1) is 56.2 Å². The zero-order chi connectivity index (χ0) is 29.4. The first-order valence-corrected chi connectivity index (χ1v) is 15.9. The van der Waals surface area contributed by atoms with Gasteiger partial charge in [0.15, 0.2) is 17.4 Å². The molecule has 7 rings (SSSR count). The summed E-state index contributed by atoms with van der Waals surface area (Å²) in [7, 11) is 0. The van der Waals surface area contributed by atoms with Gasteiger partial charge in [-0.25, -0.2) is 0 Å². The zero-order valence-corrected chi connectivity index (χ0v) is 25.9. The van der Waals surface area contributed by atoms with Crippen LogP contribution in [0.4, 0.5) is 0 Å². The zero-order valence-electron chi connectivity index (χ0n) is 25.9.